The third-order valence-corrected chi connectivity index (χ3v) is 7.06. The Morgan fingerprint density at radius 2 is 1.97 bits per heavy atom. The van der Waals surface area contributed by atoms with Crippen LogP contribution in [0, 0.1) is 12.7 Å². The minimum atomic E-state index is -0.363. The second-order valence-electron chi connectivity index (χ2n) is 7.91. The molecule has 0 saturated carbocycles. The summed E-state index contributed by atoms with van der Waals surface area (Å²) in [6, 6.07) is 12.0. The molecule has 1 saturated heterocycles. The van der Waals surface area contributed by atoms with E-state index in [-0.39, 0.29) is 23.5 Å². The van der Waals surface area contributed by atoms with Crippen molar-refractivity contribution < 1.29 is 14.0 Å². The summed E-state index contributed by atoms with van der Waals surface area (Å²) >= 11 is 7.62. The first-order chi connectivity index (χ1) is 15.4. The van der Waals surface area contributed by atoms with Gasteiger partial charge in [0.1, 0.15) is 11.5 Å². The average molecular weight is 472 g/mol. The van der Waals surface area contributed by atoms with Crippen molar-refractivity contribution >= 4 is 40.4 Å². The van der Waals surface area contributed by atoms with Crippen molar-refractivity contribution in [3.05, 3.63) is 80.5 Å². The number of aromatic nitrogens is 1. The zero-order valence-electron chi connectivity index (χ0n) is 17.6. The van der Waals surface area contributed by atoms with Crippen LogP contribution in [0.5, 0.6) is 0 Å². The van der Waals surface area contributed by atoms with Crippen LogP contribution in [0.3, 0.4) is 0 Å². The number of nitrogens with one attached hydrogen (secondary N) is 1. The minimum absolute atomic E-state index is 0.0704. The highest BCUT2D eigenvalue weighted by atomic mass is 35.5. The highest BCUT2D eigenvalue weighted by Crippen LogP contribution is 2.31. The van der Waals surface area contributed by atoms with Crippen LogP contribution in [0.2, 0.25) is 5.02 Å². The van der Waals surface area contributed by atoms with E-state index in [2.05, 4.69) is 10.3 Å². The van der Waals surface area contributed by atoms with Crippen LogP contribution in [0.15, 0.2) is 47.8 Å². The fraction of sp³-hybridized carbons (Fsp3) is 0.292. The highest BCUT2D eigenvalue weighted by Gasteiger charge is 2.26. The normalized spacial score (nSPS) is 14.4. The number of piperidine rings is 1. The lowest BCUT2D eigenvalue weighted by Gasteiger charge is -2.31. The number of benzene rings is 2. The molecule has 3 aromatic rings. The van der Waals surface area contributed by atoms with Crippen LogP contribution in [0.4, 0.5) is 10.1 Å². The zero-order valence-corrected chi connectivity index (χ0v) is 19.2. The summed E-state index contributed by atoms with van der Waals surface area (Å²) in [5.74, 6) is -0.440. The van der Waals surface area contributed by atoms with Crippen LogP contribution in [-0.4, -0.2) is 34.8 Å². The molecule has 0 bridgehead atoms. The third kappa shape index (κ3) is 5.16. The lowest BCUT2D eigenvalue weighted by molar-refractivity contribution is -0.131. The Morgan fingerprint density at radius 3 is 2.69 bits per heavy atom. The molecular weight excluding hydrogens is 449 g/mol. The van der Waals surface area contributed by atoms with Gasteiger partial charge in [0.15, 0.2) is 0 Å². The Balaban J connectivity index is 1.32. The molecule has 0 spiro atoms. The van der Waals surface area contributed by atoms with Crippen molar-refractivity contribution in [2.24, 2.45) is 0 Å². The van der Waals surface area contributed by atoms with E-state index in [9.17, 15) is 14.0 Å². The Kier molecular flexibility index (Phi) is 6.86. The van der Waals surface area contributed by atoms with Crippen LogP contribution in [0.25, 0.3) is 0 Å². The van der Waals surface area contributed by atoms with E-state index in [0.717, 1.165) is 23.4 Å². The van der Waals surface area contributed by atoms with Crippen molar-refractivity contribution in [3.8, 4) is 0 Å². The molecular formula is C24H23ClFN3O2S. The maximum Gasteiger partial charge on any atom is 0.275 e. The van der Waals surface area contributed by atoms with Crippen LogP contribution >= 0.6 is 22.9 Å². The van der Waals surface area contributed by atoms with Gasteiger partial charge in [0.2, 0.25) is 5.91 Å². The third-order valence-electron chi connectivity index (χ3n) is 5.68. The van der Waals surface area contributed by atoms with Gasteiger partial charge in [-0.15, -0.1) is 11.3 Å². The number of likely N-dealkylation sites (tertiary alicyclic amines) is 1. The average Bonchev–Trinajstić information content (AvgIpc) is 3.28. The molecule has 8 heteroatoms. The van der Waals surface area contributed by atoms with Crippen LogP contribution in [-0.2, 0) is 11.2 Å². The van der Waals surface area contributed by atoms with Crippen molar-refractivity contribution in [2.75, 3.05) is 18.4 Å². The molecule has 0 unspecified atom stereocenters. The lowest BCUT2D eigenvalue weighted by atomic mass is 9.97. The molecule has 1 aliphatic heterocycles. The van der Waals surface area contributed by atoms with Crippen molar-refractivity contribution in [3.63, 3.8) is 0 Å². The summed E-state index contributed by atoms with van der Waals surface area (Å²) < 4.78 is 13.7. The minimum Gasteiger partial charge on any atom is -0.342 e. The number of carbonyl (C=O) groups is 2. The fourth-order valence-electron chi connectivity index (χ4n) is 3.74. The first-order valence-electron chi connectivity index (χ1n) is 10.4. The number of aryl methyl sites for hydroxylation is 1. The Hall–Kier alpha value is -2.77. The smallest absolute Gasteiger partial charge is 0.275 e. The number of hydrogen-bond acceptors (Lipinski definition) is 4. The molecule has 2 heterocycles. The molecule has 1 aliphatic rings. The van der Waals surface area contributed by atoms with Gasteiger partial charge in [-0.2, -0.15) is 0 Å². The number of carbonyl (C=O) groups excluding carboxylic acids is 2. The van der Waals surface area contributed by atoms with Gasteiger partial charge < -0.3 is 10.2 Å². The zero-order chi connectivity index (χ0) is 22.7. The van der Waals surface area contributed by atoms with Gasteiger partial charge >= 0.3 is 0 Å². The number of anilines is 1. The predicted molar refractivity (Wildman–Crippen MR) is 125 cm³/mol. The first kappa shape index (κ1) is 22.4. The standard InChI is InChI=1S/C24H23ClFN3O2S/c1-15-6-7-18(13-20(15)26)27-23(31)21-14-32-24(28-21)16-8-10-29(11-9-16)22(30)12-17-4-2-3-5-19(17)25/h2-7,13-14,16H,8-12H2,1H3,(H,27,31). The summed E-state index contributed by atoms with van der Waals surface area (Å²) in [5, 5.41) is 5.92. The quantitative estimate of drug-likeness (QED) is 0.538. The van der Waals surface area contributed by atoms with Gasteiger partial charge in [-0.1, -0.05) is 35.9 Å². The van der Waals surface area contributed by atoms with E-state index in [1.807, 2.05) is 23.1 Å². The molecule has 0 aliphatic carbocycles. The summed E-state index contributed by atoms with van der Waals surface area (Å²) in [6.07, 6.45) is 1.89. The van der Waals surface area contributed by atoms with Crippen LogP contribution in [0.1, 0.15) is 45.4 Å². The fourth-order valence-corrected chi connectivity index (χ4v) is 4.91. The van der Waals surface area contributed by atoms with Crippen LogP contribution < -0.4 is 5.32 Å². The second kappa shape index (κ2) is 9.79. The largest absolute Gasteiger partial charge is 0.342 e. The molecule has 2 amide bonds. The summed E-state index contributed by atoms with van der Waals surface area (Å²) in [5.41, 5.74) is 2.09. The highest BCUT2D eigenvalue weighted by molar-refractivity contribution is 7.10. The second-order valence-corrected chi connectivity index (χ2v) is 9.21. The van der Waals surface area contributed by atoms with Gasteiger partial charge in [-0.3, -0.25) is 9.59 Å². The van der Waals surface area contributed by atoms with E-state index in [4.69, 9.17) is 11.6 Å². The van der Waals surface area contributed by atoms with Gasteiger partial charge in [0.25, 0.3) is 5.91 Å². The number of thiazole rings is 1. The number of hydrogen-bond donors (Lipinski definition) is 1. The number of halogens is 2. The Morgan fingerprint density at radius 1 is 1.22 bits per heavy atom. The molecule has 0 radical (unpaired) electrons. The molecule has 4 rings (SSSR count). The maximum atomic E-state index is 13.7. The number of amides is 2. The van der Waals surface area contributed by atoms with Gasteiger partial charge in [0, 0.05) is 35.1 Å². The van der Waals surface area contributed by atoms with Crippen molar-refractivity contribution in [1.29, 1.82) is 0 Å². The van der Waals surface area contributed by atoms with E-state index in [1.54, 1.807) is 30.5 Å². The summed E-state index contributed by atoms with van der Waals surface area (Å²) in [4.78, 5) is 31.5. The van der Waals surface area contributed by atoms with Crippen molar-refractivity contribution in [1.82, 2.24) is 9.88 Å². The Labute approximate surface area is 195 Å². The predicted octanol–water partition coefficient (Wildman–Crippen LogP) is 5.45. The Bertz CT molecular complexity index is 1140. The van der Waals surface area contributed by atoms with Crippen molar-refractivity contribution in [2.45, 2.75) is 32.1 Å². The van der Waals surface area contributed by atoms with E-state index in [0.29, 0.717) is 41.5 Å². The molecule has 2 aromatic carbocycles. The van der Waals surface area contributed by atoms with Gasteiger partial charge in [0.05, 0.1) is 11.4 Å². The van der Waals surface area contributed by atoms with E-state index in [1.165, 1.54) is 17.4 Å². The summed E-state index contributed by atoms with van der Waals surface area (Å²) in [7, 11) is 0. The maximum absolute atomic E-state index is 13.7. The topological polar surface area (TPSA) is 62.3 Å². The molecule has 0 atom stereocenters. The number of nitrogens with zero attached hydrogens (tertiary/aromatic N) is 2. The molecule has 5 nitrogen and oxygen atoms in total. The van der Waals surface area contributed by atoms with E-state index >= 15 is 0 Å². The SMILES string of the molecule is Cc1ccc(NC(=O)c2csc(C3CCN(C(=O)Cc4ccccc4Cl)CC3)n2)cc1F. The first-order valence-corrected chi connectivity index (χ1v) is 11.7. The molecule has 1 fully saturated rings. The van der Waals surface area contributed by atoms with Gasteiger partial charge in [-0.25, -0.2) is 9.37 Å². The molecule has 1 N–H and O–H groups in total. The monoisotopic (exact) mass is 471 g/mol. The summed E-state index contributed by atoms with van der Waals surface area (Å²) in [6.45, 7) is 2.97. The molecule has 32 heavy (non-hydrogen) atoms. The molecule has 166 valence electrons. The lowest BCUT2D eigenvalue weighted by Crippen LogP contribution is -2.38. The van der Waals surface area contributed by atoms with E-state index < -0.39 is 0 Å². The van der Waals surface area contributed by atoms with Gasteiger partial charge in [-0.05, 0) is 49.1 Å². The number of rotatable bonds is 5. The molecule has 1 aromatic heterocycles.